The average molecular weight is 595 g/mol. The number of fused-ring (bicyclic) bond motifs is 1. The highest BCUT2D eigenvalue weighted by atomic mass is 32.1. The molecule has 1 aliphatic heterocycles. The van der Waals surface area contributed by atoms with Crippen LogP contribution in [-0.4, -0.2) is 49.5 Å². The highest BCUT2D eigenvalue weighted by molar-refractivity contribution is 7.07. The third-order valence-electron chi connectivity index (χ3n) is 6.22. The molecule has 1 aliphatic rings. The summed E-state index contributed by atoms with van der Waals surface area (Å²) in [5.41, 5.74) is 1.89. The summed E-state index contributed by atoms with van der Waals surface area (Å²) in [5, 5.41) is 0. The molecule has 0 spiro atoms. The smallest absolute Gasteiger partial charge is 0.344 e. The van der Waals surface area contributed by atoms with Gasteiger partial charge in [0.15, 0.2) is 22.9 Å². The SMILES string of the molecule is CCOC(=O)C1=C(C)N=c2s/c(=C/c3ccc(OCC(=O)OC(C)C)c(OC)c3)c(=O)n2[C@H]1c1ccc(OCC)cc1. The van der Waals surface area contributed by atoms with E-state index in [1.807, 2.05) is 31.2 Å². The van der Waals surface area contributed by atoms with Crippen LogP contribution in [0.4, 0.5) is 0 Å². The molecule has 0 saturated carbocycles. The van der Waals surface area contributed by atoms with E-state index >= 15 is 0 Å². The van der Waals surface area contributed by atoms with Crippen molar-refractivity contribution in [3.05, 3.63) is 84.5 Å². The van der Waals surface area contributed by atoms with Gasteiger partial charge < -0.3 is 23.7 Å². The summed E-state index contributed by atoms with van der Waals surface area (Å²) in [6, 6.07) is 11.7. The molecule has 42 heavy (non-hydrogen) atoms. The number of carbonyl (C=O) groups is 2. The maximum atomic E-state index is 13.9. The number of hydrogen-bond acceptors (Lipinski definition) is 10. The lowest BCUT2D eigenvalue weighted by Gasteiger charge is -2.24. The van der Waals surface area contributed by atoms with Gasteiger partial charge in [-0.25, -0.2) is 14.6 Å². The number of allylic oxidation sites excluding steroid dienone is 1. The Labute approximate surface area is 247 Å². The molecule has 222 valence electrons. The molecule has 0 amide bonds. The van der Waals surface area contributed by atoms with Crippen molar-refractivity contribution in [2.24, 2.45) is 4.99 Å². The second-order valence-electron chi connectivity index (χ2n) is 9.54. The molecule has 0 radical (unpaired) electrons. The lowest BCUT2D eigenvalue weighted by molar-refractivity contribution is -0.149. The van der Waals surface area contributed by atoms with Gasteiger partial charge in [-0.2, -0.15) is 0 Å². The fourth-order valence-corrected chi connectivity index (χ4v) is 5.54. The molecule has 0 bridgehead atoms. The number of aromatic nitrogens is 1. The highest BCUT2D eigenvalue weighted by Gasteiger charge is 2.33. The molecule has 10 nitrogen and oxygen atoms in total. The lowest BCUT2D eigenvalue weighted by Crippen LogP contribution is -2.39. The zero-order valence-corrected chi connectivity index (χ0v) is 25.3. The number of carbonyl (C=O) groups excluding carboxylic acids is 2. The molecular formula is C31H34N2O8S. The molecule has 2 aromatic carbocycles. The maximum Gasteiger partial charge on any atom is 0.344 e. The van der Waals surface area contributed by atoms with Crippen molar-refractivity contribution < 1.29 is 33.3 Å². The Morgan fingerprint density at radius 2 is 1.79 bits per heavy atom. The van der Waals surface area contributed by atoms with Gasteiger partial charge in [-0.15, -0.1) is 0 Å². The number of methoxy groups -OCH3 is 1. The van der Waals surface area contributed by atoms with E-state index < -0.39 is 18.0 Å². The molecule has 0 fully saturated rings. The van der Waals surface area contributed by atoms with Crippen LogP contribution in [-0.2, 0) is 19.1 Å². The summed E-state index contributed by atoms with van der Waals surface area (Å²) in [7, 11) is 1.49. The van der Waals surface area contributed by atoms with Crippen LogP contribution in [0.2, 0.25) is 0 Å². The standard InChI is InChI=1S/C31H34N2O8S/c1-7-38-22-12-10-21(11-13-22)28-27(30(36)39-8-2)19(5)32-31-33(28)29(35)25(42-31)16-20-9-14-23(24(15-20)37-6)40-17-26(34)41-18(3)4/h9-16,18,28H,7-8,17H2,1-6H3/b25-16+/t28-/m0/s1. The van der Waals surface area contributed by atoms with Crippen molar-refractivity contribution in [3.63, 3.8) is 0 Å². The van der Waals surface area contributed by atoms with E-state index in [0.717, 1.165) is 5.56 Å². The first-order valence-electron chi connectivity index (χ1n) is 13.6. The average Bonchev–Trinajstić information content (AvgIpc) is 3.25. The Balaban J connectivity index is 1.75. The third-order valence-corrected chi connectivity index (χ3v) is 7.20. The minimum atomic E-state index is -0.728. The Morgan fingerprint density at radius 3 is 2.43 bits per heavy atom. The Morgan fingerprint density at radius 1 is 1.05 bits per heavy atom. The highest BCUT2D eigenvalue weighted by Crippen LogP contribution is 2.32. The van der Waals surface area contributed by atoms with Crippen LogP contribution in [0.25, 0.3) is 6.08 Å². The van der Waals surface area contributed by atoms with Crippen molar-refractivity contribution in [3.8, 4) is 17.2 Å². The normalized spacial score (nSPS) is 14.7. The zero-order chi connectivity index (χ0) is 30.4. The van der Waals surface area contributed by atoms with Crippen LogP contribution in [0.15, 0.2) is 63.5 Å². The topological polar surface area (TPSA) is 115 Å². The minimum Gasteiger partial charge on any atom is -0.494 e. The molecule has 0 N–H and O–H groups in total. The summed E-state index contributed by atoms with van der Waals surface area (Å²) in [6.45, 7) is 9.34. The van der Waals surface area contributed by atoms with Crippen LogP contribution >= 0.6 is 11.3 Å². The van der Waals surface area contributed by atoms with E-state index in [0.29, 0.717) is 50.0 Å². The molecule has 0 aliphatic carbocycles. The largest absolute Gasteiger partial charge is 0.494 e. The van der Waals surface area contributed by atoms with Crippen molar-refractivity contribution >= 4 is 29.4 Å². The van der Waals surface area contributed by atoms with Crippen LogP contribution < -0.4 is 29.1 Å². The zero-order valence-electron chi connectivity index (χ0n) is 24.5. The van der Waals surface area contributed by atoms with Gasteiger partial charge >= 0.3 is 11.9 Å². The van der Waals surface area contributed by atoms with Crippen LogP contribution in [0.3, 0.4) is 0 Å². The quantitative estimate of drug-likeness (QED) is 0.310. The van der Waals surface area contributed by atoms with Crippen molar-refractivity contribution in [2.45, 2.75) is 46.8 Å². The molecule has 2 heterocycles. The van der Waals surface area contributed by atoms with Crippen LogP contribution in [0.1, 0.15) is 51.8 Å². The van der Waals surface area contributed by atoms with Crippen molar-refractivity contribution in [2.75, 3.05) is 26.9 Å². The first-order chi connectivity index (χ1) is 20.2. The van der Waals surface area contributed by atoms with Gasteiger partial charge in [0.2, 0.25) is 0 Å². The Hall–Kier alpha value is -4.38. The summed E-state index contributed by atoms with van der Waals surface area (Å²) in [4.78, 5) is 43.9. The van der Waals surface area contributed by atoms with E-state index in [4.69, 9.17) is 23.7 Å². The fourth-order valence-electron chi connectivity index (χ4n) is 4.50. The molecular weight excluding hydrogens is 560 g/mol. The maximum absolute atomic E-state index is 13.9. The van der Waals surface area contributed by atoms with Gasteiger partial charge in [0, 0.05) is 0 Å². The summed E-state index contributed by atoms with van der Waals surface area (Å²) in [5.74, 6) is 0.426. The van der Waals surface area contributed by atoms with E-state index in [9.17, 15) is 14.4 Å². The first kappa shape index (κ1) is 30.6. The molecule has 1 aromatic heterocycles. The van der Waals surface area contributed by atoms with Gasteiger partial charge in [-0.1, -0.05) is 29.5 Å². The number of benzene rings is 2. The van der Waals surface area contributed by atoms with Gasteiger partial charge in [0.25, 0.3) is 5.56 Å². The van der Waals surface area contributed by atoms with E-state index in [1.165, 1.54) is 23.0 Å². The molecule has 0 saturated heterocycles. The number of rotatable bonds is 11. The summed E-state index contributed by atoms with van der Waals surface area (Å²) in [6.07, 6.45) is 1.48. The molecule has 0 unspecified atom stereocenters. The fraction of sp³-hybridized carbons (Fsp3) is 0.355. The van der Waals surface area contributed by atoms with Crippen molar-refractivity contribution in [1.82, 2.24) is 4.57 Å². The van der Waals surface area contributed by atoms with E-state index in [1.54, 1.807) is 52.0 Å². The van der Waals surface area contributed by atoms with Gasteiger partial charge in [0.05, 0.1) is 48.3 Å². The molecule has 1 atom stereocenters. The Bertz CT molecular complexity index is 1670. The van der Waals surface area contributed by atoms with Crippen LogP contribution in [0.5, 0.6) is 17.2 Å². The van der Waals surface area contributed by atoms with E-state index in [2.05, 4.69) is 4.99 Å². The Kier molecular flexibility index (Phi) is 9.84. The van der Waals surface area contributed by atoms with Gasteiger partial charge in [-0.05, 0) is 76.1 Å². The molecule has 11 heteroatoms. The number of nitrogens with zero attached hydrogens (tertiary/aromatic N) is 2. The second-order valence-corrected chi connectivity index (χ2v) is 10.6. The predicted molar refractivity (Wildman–Crippen MR) is 158 cm³/mol. The summed E-state index contributed by atoms with van der Waals surface area (Å²) >= 11 is 1.22. The third kappa shape index (κ3) is 6.73. The number of esters is 2. The number of ether oxygens (including phenoxy) is 5. The molecule has 4 rings (SSSR count). The molecule has 3 aromatic rings. The number of thiazole rings is 1. The van der Waals surface area contributed by atoms with E-state index in [-0.39, 0.29) is 24.9 Å². The van der Waals surface area contributed by atoms with Crippen molar-refractivity contribution in [1.29, 1.82) is 0 Å². The number of hydrogen-bond donors (Lipinski definition) is 0. The minimum absolute atomic E-state index is 0.191. The van der Waals surface area contributed by atoms with Gasteiger partial charge in [-0.3, -0.25) is 9.36 Å². The lowest BCUT2D eigenvalue weighted by atomic mass is 9.96. The monoisotopic (exact) mass is 594 g/mol. The predicted octanol–water partition coefficient (Wildman–Crippen LogP) is 3.54. The first-order valence-corrected chi connectivity index (χ1v) is 14.4. The summed E-state index contributed by atoms with van der Waals surface area (Å²) < 4.78 is 29.0. The second kappa shape index (κ2) is 13.5. The van der Waals surface area contributed by atoms with Gasteiger partial charge in [0.1, 0.15) is 5.75 Å². The van der Waals surface area contributed by atoms with Crippen LogP contribution in [0, 0.1) is 0 Å².